The second-order valence-corrected chi connectivity index (χ2v) is 29.2. The molecule has 1 N–H and O–H groups in total. The van der Waals surface area contributed by atoms with Gasteiger partial charge in [-0.3, -0.25) is 9.59 Å². The first-order valence-electron chi connectivity index (χ1n) is 31.2. The number of hydrogen-bond donors (Lipinski definition) is 1. The van der Waals surface area contributed by atoms with E-state index in [-0.39, 0.29) is 45.5 Å². The number of carboxylic acid groups (broad SMARTS) is 1. The maximum atomic E-state index is 14.0. The van der Waals surface area contributed by atoms with E-state index in [1.54, 1.807) is 26.4 Å². The summed E-state index contributed by atoms with van der Waals surface area (Å²) < 4.78 is 83.5. The normalized spacial score (nSPS) is 25.8. The van der Waals surface area contributed by atoms with Gasteiger partial charge in [-0.15, -0.1) is 0 Å². The molecule has 3 aliphatic rings. The highest BCUT2D eigenvalue weighted by Crippen LogP contribution is 2.52. The topological polar surface area (TPSA) is 208 Å². The van der Waals surface area contributed by atoms with Crippen LogP contribution in [0.3, 0.4) is 0 Å². The number of carboxylic acids is 1. The third kappa shape index (κ3) is 20.3. The number of allylic oxidation sites excluding steroid dienone is 3. The predicted molar refractivity (Wildman–Crippen MR) is 337 cm³/mol. The van der Waals surface area contributed by atoms with Crippen molar-refractivity contribution in [3.05, 3.63) is 126 Å². The van der Waals surface area contributed by atoms with Crippen molar-refractivity contribution in [3.8, 4) is 5.75 Å². The number of aliphatic carboxylic acids is 1. The van der Waals surface area contributed by atoms with Crippen LogP contribution in [0, 0.1) is 10.8 Å². The van der Waals surface area contributed by atoms with Crippen molar-refractivity contribution in [2.24, 2.45) is 10.8 Å². The standard InChI is InChI=1S/C69H102O18Si/c1-16-20-21-22-26-29-63(73)84-65-53(39-64(74)76-13)38-56(41-60(80-46-52-30-32-54(75-12)33-31-52)49(6)81-47-79-45-51-27-24-23-25-28-51)86-69(65,78-15)66(8,9)35-34-55-36-48(5)37-59(83-55)44-68(77-14)67(10,11)61(82-50(7)70)42-57(85-68)40-58(43-62(71)72)87-88(17-2,18-3)19-4/h21-35,39,49,55-61,65H,5,16-20,36-38,40-47H2,1-4,6-15H3,(H,71,72)/t49-,55+,56+,57-,58?,59+,60-,61+,65+,68+,69-/m1/s1. The number of hydrogen-bond acceptors (Lipinski definition) is 17. The Morgan fingerprint density at radius 1 is 0.818 bits per heavy atom. The molecule has 2 aromatic carbocycles. The van der Waals surface area contributed by atoms with E-state index in [9.17, 15) is 24.3 Å². The predicted octanol–water partition coefficient (Wildman–Crippen LogP) is 13.0. The fourth-order valence-corrected chi connectivity index (χ4v) is 15.1. The summed E-state index contributed by atoms with van der Waals surface area (Å²) in [5, 5.41) is 10.1. The fourth-order valence-electron chi connectivity index (χ4n) is 12.2. The van der Waals surface area contributed by atoms with Crippen molar-refractivity contribution in [2.75, 3.05) is 35.2 Å². The minimum atomic E-state index is -2.27. The third-order valence-electron chi connectivity index (χ3n) is 17.7. The van der Waals surface area contributed by atoms with Gasteiger partial charge in [0.2, 0.25) is 5.79 Å². The lowest BCUT2D eigenvalue weighted by atomic mass is 9.70. The van der Waals surface area contributed by atoms with E-state index in [2.05, 4.69) is 34.3 Å². The number of unbranched alkanes of at least 4 members (excludes halogenated alkanes) is 1. The number of carbonyl (C=O) groups excluding carboxylic acids is 3. The van der Waals surface area contributed by atoms with Crippen molar-refractivity contribution in [1.29, 1.82) is 0 Å². The average molecular weight is 1250 g/mol. The monoisotopic (exact) mass is 1250 g/mol. The van der Waals surface area contributed by atoms with E-state index in [4.69, 9.17) is 61.3 Å². The molecule has 0 aromatic heterocycles. The van der Waals surface area contributed by atoms with Gasteiger partial charge in [0.05, 0.1) is 82.0 Å². The number of methoxy groups -OCH3 is 4. The van der Waals surface area contributed by atoms with E-state index < -0.39 is 110 Å². The summed E-state index contributed by atoms with van der Waals surface area (Å²) >= 11 is 0. The second-order valence-electron chi connectivity index (χ2n) is 24.5. The molecule has 0 radical (unpaired) electrons. The molecule has 0 saturated carbocycles. The van der Waals surface area contributed by atoms with Crippen LogP contribution in [0.25, 0.3) is 0 Å². The van der Waals surface area contributed by atoms with Gasteiger partial charge in [-0.2, -0.15) is 0 Å². The molecule has 3 saturated heterocycles. The molecule has 490 valence electrons. The number of benzene rings is 2. The summed E-state index contributed by atoms with van der Waals surface area (Å²) in [4.78, 5) is 52.7. The lowest BCUT2D eigenvalue weighted by Gasteiger charge is -2.55. The average Bonchev–Trinajstić information content (AvgIpc) is 1.07. The Hall–Kier alpha value is -5.32. The van der Waals surface area contributed by atoms with Gasteiger partial charge >= 0.3 is 23.9 Å². The highest BCUT2D eigenvalue weighted by atomic mass is 28.4. The van der Waals surface area contributed by atoms with Gasteiger partial charge in [-0.25, -0.2) is 9.59 Å². The molecule has 5 rings (SSSR count). The van der Waals surface area contributed by atoms with Crippen molar-refractivity contribution in [1.82, 2.24) is 0 Å². The largest absolute Gasteiger partial charge is 0.497 e. The van der Waals surface area contributed by atoms with Crippen molar-refractivity contribution in [3.63, 3.8) is 0 Å². The molecule has 0 bridgehead atoms. The Kier molecular flexibility index (Phi) is 29.0. The summed E-state index contributed by atoms with van der Waals surface area (Å²) in [7, 11) is 3.68. The zero-order valence-electron chi connectivity index (χ0n) is 54.8. The van der Waals surface area contributed by atoms with Crippen LogP contribution in [0.2, 0.25) is 18.1 Å². The molecule has 11 atom stereocenters. The minimum Gasteiger partial charge on any atom is -0.497 e. The maximum Gasteiger partial charge on any atom is 0.331 e. The quantitative estimate of drug-likeness (QED) is 0.00994. The van der Waals surface area contributed by atoms with Gasteiger partial charge in [0, 0.05) is 58.0 Å². The number of rotatable bonds is 35. The van der Waals surface area contributed by atoms with Crippen LogP contribution in [-0.4, -0.2) is 139 Å². The van der Waals surface area contributed by atoms with Crippen molar-refractivity contribution in [2.45, 2.75) is 231 Å². The third-order valence-corrected chi connectivity index (χ3v) is 22.4. The minimum absolute atomic E-state index is 0.0247. The zero-order chi connectivity index (χ0) is 64.7. The first kappa shape index (κ1) is 73.4. The first-order chi connectivity index (χ1) is 41.9. The molecule has 2 aromatic rings. The molecule has 1 unspecified atom stereocenters. The van der Waals surface area contributed by atoms with Gasteiger partial charge in [-0.1, -0.05) is 147 Å². The molecular weight excluding hydrogens is 1140 g/mol. The van der Waals surface area contributed by atoms with Gasteiger partial charge < -0.3 is 66.4 Å². The Morgan fingerprint density at radius 3 is 2.12 bits per heavy atom. The number of ether oxygens (including phenoxy) is 12. The highest BCUT2D eigenvalue weighted by Gasteiger charge is 2.61. The van der Waals surface area contributed by atoms with Crippen LogP contribution in [0.1, 0.15) is 145 Å². The molecule has 3 fully saturated rings. The van der Waals surface area contributed by atoms with E-state index in [1.165, 1.54) is 33.3 Å². The Balaban J connectivity index is 1.53. The fraction of sp³-hybridized carbons (Fsp3) is 0.623. The molecule has 19 heteroatoms. The van der Waals surface area contributed by atoms with Crippen LogP contribution in [0.4, 0.5) is 0 Å². The zero-order valence-corrected chi connectivity index (χ0v) is 55.8. The summed E-state index contributed by atoms with van der Waals surface area (Å²) in [6, 6.07) is 19.9. The first-order valence-corrected chi connectivity index (χ1v) is 33.8. The molecule has 18 nitrogen and oxygen atoms in total. The summed E-state index contributed by atoms with van der Waals surface area (Å²) in [6.45, 7) is 24.4. The Labute approximate surface area is 524 Å². The lowest BCUT2D eigenvalue weighted by Crippen LogP contribution is -2.63. The molecule has 0 amide bonds. The highest BCUT2D eigenvalue weighted by molar-refractivity contribution is 6.73. The van der Waals surface area contributed by atoms with Crippen molar-refractivity contribution >= 4 is 32.2 Å². The SMILES string of the molecule is C=C1C[C@@H](C[C@]2(OC)O[C@H](CC(CC(=O)O)O[Si](CC)(CC)CC)C[C@H](OC(C)=O)C2(C)C)O[C@@H](C=CC(C)(C)[C@]2(OC)O[C@H](C[C@@H](OCc3ccc(OC)cc3)[C@@H](C)OCOCc3ccccc3)CC(=CC(=O)OC)[C@@H]2OC(=O)C=CC=CCCC)C1. The second kappa shape index (κ2) is 34.8. The molecule has 88 heavy (non-hydrogen) atoms. The molecule has 3 heterocycles. The number of esters is 3. The van der Waals surface area contributed by atoms with E-state index in [0.717, 1.165) is 47.7 Å². The summed E-state index contributed by atoms with van der Waals surface area (Å²) in [5.41, 5.74) is 1.06. The van der Waals surface area contributed by atoms with Crippen LogP contribution >= 0.6 is 0 Å². The van der Waals surface area contributed by atoms with Crippen LogP contribution < -0.4 is 4.74 Å². The van der Waals surface area contributed by atoms with E-state index in [1.807, 2.05) is 107 Å². The molecule has 0 spiro atoms. The van der Waals surface area contributed by atoms with E-state index >= 15 is 0 Å². The summed E-state index contributed by atoms with van der Waals surface area (Å²) in [6.07, 6.45) is 9.16. The smallest absolute Gasteiger partial charge is 0.331 e. The number of carbonyl (C=O) groups is 4. The van der Waals surface area contributed by atoms with Gasteiger partial charge in [-0.05, 0) is 86.0 Å². The van der Waals surface area contributed by atoms with Gasteiger partial charge in [0.25, 0.3) is 0 Å². The molecule has 3 aliphatic heterocycles. The van der Waals surface area contributed by atoms with Gasteiger partial charge in [0.1, 0.15) is 18.6 Å². The lowest BCUT2D eigenvalue weighted by molar-refractivity contribution is -0.358. The van der Waals surface area contributed by atoms with Crippen molar-refractivity contribution < 1.29 is 85.6 Å². The Morgan fingerprint density at radius 2 is 1.51 bits per heavy atom. The van der Waals surface area contributed by atoms with Crippen LogP contribution in [0.15, 0.2) is 115 Å². The van der Waals surface area contributed by atoms with Crippen LogP contribution in [0.5, 0.6) is 5.75 Å². The maximum absolute atomic E-state index is 14.0. The summed E-state index contributed by atoms with van der Waals surface area (Å²) in [5.74, 6) is -5.31. The van der Waals surface area contributed by atoms with E-state index in [0.29, 0.717) is 37.2 Å². The van der Waals surface area contributed by atoms with Crippen LogP contribution in [-0.2, 0) is 88.9 Å². The molecular formula is C69H102O18Si. The Bertz CT molecular complexity index is 2640. The van der Waals surface area contributed by atoms with Gasteiger partial charge in [0.15, 0.2) is 20.2 Å². The molecule has 0 aliphatic carbocycles.